The molecule has 0 fully saturated rings. The molecule has 24 heavy (non-hydrogen) atoms. The summed E-state index contributed by atoms with van der Waals surface area (Å²) in [5, 5.41) is 3.48. The third-order valence-electron chi connectivity index (χ3n) is 4.28. The minimum Gasteiger partial charge on any atom is -0.377 e. The number of nitrogens with two attached hydrogens (primary N) is 1. The summed E-state index contributed by atoms with van der Waals surface area (Å²) in [6, 6.07) is 1.81. The van der Waals surface area contributed by atoms with E-state index in [1.54, 1.807) is 42.7 Å². The summed E-state index contributed by atoms with van der Waals surface area (Å²) in [4.78, 5) is 0. The molecule has 0 aromatic heterocycles. The standard InChI is InChI=1S/C14H36N2O6Si2/c1-17-23(18-2,19-3)11-7-9-14(13-15)16-10-8-12-24(20-4,21-5)22-6/h14,16H,7-13,15H2,1-6H3. The van der Waals surface area contributed by atoms with Gasteiger partial charge in [0.05, 0.1) is 0 Å². The molecule has 0 spiro atoms. The van der Waals surface area contributed by atoms with E-state index in [1.165, 1.54) is 0 Å². The average molecular weight is 385 g/mol. The molecule has 0 aromatic rings. The van der Waals surface area contributed by atoms with Gasteiger partial charge in [-0.15, -0.1) is 0 Å². The zero-order chi connectivity index (χ0) is 18.5. The maximum absolute atomic E-state index is 5.86. The van der Waals surface area contributed by atoms with E-state index in [0.29, 0.717) is 6.54 Å². The van der Waals surface area contributed by atoms with E-state index in [2.05, 4.69) is 5.32 Å². The van der Waals surface area contributed by atoms with Gasteiger partial charge in [-0.05, 0) is 25.8 Å². The second-order valence-electron chi connectivity index (χ2n) is 5.47. The summed E-state index contributed by atoms with van der Waals surface area (Å²) < 4.78 is 32.5. The molecular formula is C14H36N2O6Si2. The smallest absolute Gasteiger partial charge is 0.377 e. The second-order valence-corrected chi connectivity index (χ2v) is 11.7. The monoisotopic (exact) mass is 384 g/mol. The van der Waals surface area contributed by atoms with E-state index < -0.39 is 17.6 Å². The Morgan fingerprint density at radius 2 is 1.17 bits per heavy atom. The van der Waals surface area contributed by atoms with E-state index in [-0.39, 0.29) is 6.04 Å². The van der Waals surface area contributed by atoms with Crippen molar-refractivity contribution in [2.24, 2.45) is 5.73 Å². The zero-order valence-electron chi connectivity index (χ0n) is 16.1. The van der Waals surface area contributed by atoms with Gasteiger partial charge in [0.15, 0.2) is 0 Å². The Morgan fingerprint density at radius 3 is 1.54 bits per heavy atom. The third kappa shape index (κ3) is 8.00. The average Bonchev–Trinajstić information content (AvgIpc) is 2.64. The molecule has 0 rings (SSSR count). The molecule has 0 saturated carbocycles. The third-order valence-corrected chi connectivity index (χ3v) is 9.94. The summed E-state index contributed by atoms with van der Waals surface area (Å²) in [7, 11) is 4.83. The first kappa shape index (κ1) is 24.1. The van der Waals surface area contributed by atoms with Crippen LogP contribution < -0.4 is 11.1 Å². The van der Waals surface area contributed by atoms with Crippen molar-refractivity contribution in [1.82, 2.24) is 5.32 Å². The van der Waals surface area contributed by atoms with Gasteiger partial charge in [-0.3, -0.25) is 0 Å². The molecule has 3 N–H and O–H groups in total. The minimum absolute atomic E-state index is 0.256. The van der Waals surface area contributed by atoms with Gasteiger partial charge in [0.2, 0.25) is 0 Å². The molecule has 0 heterocycles. The predicted molar refractivity (Wildman–Crippen MR) is 97.9 cm³/mol. The summed E-state index contributed by atoms with van der Waals surface area (Å²) in [5.41, 5.74) is 5.86. The molecule has 10 heteroatoms. The lowest BCUT2D eigenvalue weighted by atomic mass is 10.1. The number of rotatable bonds is 16. The van der Waals surface area contributed by atoms with Crippen LogP contribution >= 0.6 is 0 Å². The van der Waals surface area contributed by atoms with Crippen LogP contribution in [0.1, 0.15) is 19.3 Å². The highest BCUT2D eigenvalue weighted by Gasteiger charge is 2.37. The fourth-order valence-corrected chi connectivity index (χ4v) is 6.06. The van der Waals surface area contributed by atoms with Gasteiger partial charge in [0.25, 0.3) is 0 Å². The highest BCUT2D eigenvalue weighted by atomic mass is 28.4. The van der Waals surface area contributed by atoms with E-state index in [9.17, 15) is 0 Å². The van der Waals surface area contributed by atoms with E-state index in [1.807, 2.05) is 0 Å². The largest absolute Gasteiger partial charge is 0.500 e. The van der Waals surface area contributed by atoms with Gasteiger partial charge in [-0.1, -0.05) is 0 Å². The Labute approximate surface area is 149 Å². The van der Waals surface area contributed by atoms with E-state index >= 15 is 0 Å². The van der Waals surface area contributed by atoms with Crippen LogP contribution in [0.15, 0.2) is 0 Å². The molecule has 0 saturated heterocycles. The highest BCUT2D eigenvalue weighted by Crippen LogP contribution is 2.17. The Hall–Kier alpha value is 0.114. The molecule has 0 bridgehead atoms. The van der Waals surface area contributed by atoms with Crippen LogP contribution in [0.5, 0.6) is 0 Å². The Morgan fingerprint density at radius 1 is 0.750 bits per heavy atom. The second kappa shape index (κ2) is 13.3. The molecule has 8 nitrogen and oxygen atoms in total. The van der Waals surface area contributed by atoms with E-state index in [0.717, 1.165) is 37.9 Å². The molecule has 0 aromatic carbocycles. The van der Waals surface area contributed by atoms with Gasteiger partial charge in [-0.2, -0.15) is 0 Å². The number of nitrogens with one attached hydrogen (secondary N) is 1. The zero-order valence-corrected chi connectivity index (χ0v) is 18.1. The maximum atomic E-state index is 5.86. The quantitative estimate of drug-likeness (QED) is 0.299. The molecule has 0 radical (unpaired) electrons. The fourth-order valence-electron chi connectivity index (χ4n) is 2.59. The maximum Gasteiger partial charge on any atom is 0.500 e. The summed E-state index contributed by atoms with van der Waals surface area (Å²) in [6.45, 7) is 1.43. The first-order valence-corrected chi connectivity index (χ1v) is 12.1. The molecule has 0 aliphatic rings. The Kier molecular flexibility index (Phi) is 13.4. The SMILES string of the molecule is CO[Si](CCCNC(CN)CCC[Si](OC)(OC)OC)(OC)OC. The lowest BCUT2D eigenvalue weighted by molar-refractivity contribution is 0.121. The van der Waals surface area contributed by atoms with Crippen molar-refractivity contribution in [2.45, 2.75) is 37.4 Å². The Bertz CT molecular complexity index is 290. The van der Waals surface area contributed by atoms with Crippen molar-refractivity contribution in [1.29, 1.82) is 0 Å². The van der Waals surface area contributed by atoms with E-state index in [4.69, 9.17) is 32.3 Å². The summed E-state index contributed by atoms with van der Waals surface area (Å²) >= 11 is 0. The van der Waals surface area contributed by atoms with Crippen LogP contribution in [0.25, 0.3) is 0 Å². The molecule has 1 unspecified atom stereocenters. The molecule has 1 atom stereocenters. The minimum atomic E-state index is -2.49. The number of hydrogen-bond acceptors (Lipinski definition) is 8. The van der Waals surface area contributed by atoms with Crippen molar-refractivity contribution < 1.29 is 26.6 Å². The summed E-state index contributed by atoms with van der Waals surface area (Å²) in [6.07, 6.45) is 2.79. The first-order valence-electron chi connectivity index (χ1n) is 8.25. The lowest BCUT2D eigenvalue weighted by Crippen LogP contribution is -2.44. The fraction of sp³-hybridized carbons (Fsp3) is 1.00. The summed E-state index contributed by atoms with van der Waals surface area (Å²) in [5.74, 6) is 0. The van der Waals surface area contributed by atoms with Crippen molar-refractivity contribution in [3.63, 3.8) is 0 Å². The van der Waals surface area contributed by atoms with Crippen molar-refractivity contribution in [3.8, 4) is 0 Å². The van der Waals surface area contributed by atoms with Gasteiger partial charge in [-0.25, -0.2) is 0 Å². The van der Waals surface area contributed by atoms with Gasteiger partial charge in [0.1, 0.15) is 0 Å². The molecular weight excluding hydrogens is 348 g/mol. The molecule has 0 amide bonds. The van der Waals surface area contributed by atoms with Crippen LogP contribution in [-0.2, 0) is 26.6 Å². The Balaban J connectivity index is 4.12. The van der Waals surface area contributed by atoms with Crippen LogP contribution in [0, 0.1) is 0 Å². The van der Waals surface area contributed by atoms with Crippen molar-refractivity contribution in [3.05, 3.63) is 0 Å². The van der Waals surface area contributed by atoms with Gasteiger partial charge in [0, 0.05) is 67.3 Å². The molecule has 146 valence electrons. The van der Waals surface area contributed by atoms with Gasteiger partial charge >= 0.3 is 17.6 Å². The topological polar surface area (TPSA) is 93.4 Å². The van der Waals surface area contributed by atoms with Crippen LogP contribution in [0.4, 0.5) is 0 Å². The van der Waals surface area contributed by atoms with Crippen molar-refractivity contribution >= 4 is 17.6 Å². The lowest BCUT2D eigenvalue weighted by Gasteiger charge is -2.26. The van der Waals surface area contributed by atoms with Crippen LogP contribution in [-0.4, -0.2) is 79.4 Å². The van der Waals surface area contributed by atoms with Crippen molar-refractivity contribution in [2.75, 3.05) is 55.7 Å². The van der Waals surface area contributed by atoms with Crippen LogP contribution in [0.2, 0.25) is 12.1 Å². The number of hydrogen-bond donors (Lipinski definition) is 2. The molecule has 0 aliphatic heterocycles. The highest BCUT2D eigenvalue weighted by molar-refractivity contribution is 6.60. The van der Waals surface area contributed by atoms with Gasteiger partial charge < -0.3 is 37.6 Å². The first-order chi connectivity index (χ1) is 11.5. The molecule has 0 aliphatic carbocycles. The normalized spacial score (nSPS) is 14.1. The predicted octanol–water partition coefficient (Wildman–Crippen LogP) is 0.830. The van der Waals surface area contributed by atoms with Crippen LogP contribution in [0.3, 0.4) is 0 Å².